The van der Waals surface area contributed by atoms with Gasteiger partial charge in [-0.3, -0.25) is 4.90 Å². The summed E-state index contributed by atoms with van der Waals surface area (Å²) in [5.74, 6) is 0.992. The molecule has 0 radical (unpaired) electrons. The molecule has 4 heteroatoms. The highest BCUT2D eigenvalue weighted by molar-refractivity contribution is 5.21. The van der Waals surface area contributed by atoms with Crippen LogP contribution in [0.3, 0.4) is 0 Å². The lowest BCUT2D eigenvalue weighted by molar-refractivity contribution is 0.0206. The van der Waals surface area contributed by atoms with Gasteiger partial charge < -0.3 is 9.67 Å². The summed E-state index contributed by atoms with van der Waals surface area (Å²) in [4.78, 5) is 6.38. The fraction of sp³-hybridized carbons (Fsp3) is 0.400. The Morgan fingerprint density at radius 2 is 2.00 bits per heavy atom. The molecular formula is C15H21N3O. The van der Waals surface area contributed by atoms with Gasteiger partial charge in [0.2, 0.25) is 0 Å². The second-order valence-corrected chi connectivity index (χ2v) is 5.27. The average Bonchev–Trinajstić information content (AvgIpc) is 2.75. The highest BCUT2D eigenvalue weighted by Crippen LogP contribution is 2.21. The summed E-state index contributed by atoms with van der Waals surface area (Å²) >= 11 is 0. The minimum absolute atomic E-state index is 0.559. The lowest BCUT2D eigenvalue weighted by Gasteiger charge is -2.29. The van der Waals surface area contributed by atoms with E-state index >= 15 is 0 Å². The van der Waals surface area contributed by atoms with E-state index in [0.717, 1.165) is 11.4 Å². The Morgan fingerprint density at radius 3 is 2.58 bits per heavy atom. The molecule has 0 aliphatic heterocycles. The van der Waals surface area contributed by atoms with Gasteiger partial charge in [0.1, 0.15) is 5.82 Å². The van der Waals surface area contributed by atoms with E-state index in [4.69, 9.17) is 0 Å². The zero-order valence-electron chi connectivity index (χ0n) is 11.7. The van der Waals surface area contributed by atoms with Gasteiger partial charge in [-0.2, -0.15) is 0 Å². The van der Waals surface area contributed by atoms with E-state index in [1.165, 1.54) is 0 Å². The van der Waals surface area contributed by atoms with Crippen molar-refractivity contribution in [3.8, 4) is 0 Å². The molecule has 102 valence electrons. The molecule has 0 saturated carbocycles. The van der Waals surface area contributed by atoms with E-state index in [9.17, 15) is 5.11 Å². The van der Waals surface area contributed by atoms with Crippen LogP contribution in [0.15, 0.2) is 42.7 Å². The molecule has 0 spiro atoms. The number of aryl methyl sites for hydroxylation is 1. The molecule has 19 heavy (non-hydrogen) atoms. The van der Waals surface area contributed by atoms with Crippen LogP contribution in [0, 0.1) is 0 Å². The van der Waals surface area contributed by atoms with Crippen LogP contribution in [0.25, 0.3) is 0 Å². The third-order valence-electron chi connectivity index (χ3n) is 3.31. The third kappa shape index (κ3) is 3.43. The fourth-order valence-electron chi connectivity index (χ4n) is 2.26. The first kappa shape index (κ1) is 13.8. The van der Waals surface area contributed by atoms with E-state index in [1.807, 2.05) is 62.1 Å². The highest BCUT2D eigenvalue weighted by atomic mass is 16.3. The Morgan fingerprint density at radius 1 is 1.32 bits per heavy atom. The normalized spacial score (nSPS) is 14.6. The van der Waals surface area contributed by atoms with Crippen molar-refractivity contribution in [2.45, 2.75) is 19.1 Å². The Kier molecular flexibility index (Phi) is 4.02. The number of hydrogen-bond acceptors (Lipinski definition) is 3. The van der Waals surface area contributed by atoms with Crippen LogP contribution in [0.4, 0.5) is 0 Å². The summed E-state index contributed by atoms with van der Waals surface area (Å²) in [5.41, 5.74) is 0.0722. The summed E-state index contributed by atoms with van der Waals surface area (Å²) in [6, 6.07) is 9.76. The van der Waals surface area contributed by atoms with Crippen LogP contribution in [0.1, 0.15) is 18.3 Å². The predicted molar refractivity (Wildman–Crippen MR) is 75.6 cm³/mol. The molecule has 1 heterocycles. The first-order valence-corrected chi connectivity index (χ1v) is 6.42. The van der Waals surface area contributed by atoms with Gasteiger partial charge >= 0.3 is 0 Å². The monoisotopic (exact) mass is 259 g/mol. The van der Waals surface area contributed by atoms with Crippen LogP contribution >= 0.6 is 0 Å². The maximum atomic E-state index is 10.6. The first-order valence-electron chi connectivity index (χ1n) is 6.42. The van der Waals surface area contributed by atoms with Crippen LogP contribution < -0.4 is 0 Å². The van der Waals surface area contributed by atoms with E-state index < -0.39 is 5.60 Å². The van der Waals surface area contributed by atoms with Gasteiger partial charge in [-0.05, 0) is 19.5 Å². The number of rotatable bonds is 5. The molecule has 0 aliphatic carbocycles. The summed E-state index contributed by atoms with van der Waals surface area (Å²) in [5, 5.41) is 10.6. The minimum Gasteiger partial charge on any atom is -0.384 e. The molecule has 4 nitrogen and oxygen atoms in total. The van der Waals surface area contributed by atoms with E-state index in [1.54, 1.807) is 6.20 Å². The topological polar surface area (TPSA) is 41.3 Å². The van der Waals surface area contributed by atoms with Crippen LogP contribution in [-0.2, 0) is 19.2 Å². The molecular weight excluding hydrogens is 238 g/mol. The van der Waals surface area contributed by atoms with Gasteiger partial charge in [0.25, 0.3) is 0 Å². The molecule has 1 aromatic carbocycles. The number of likely N-dealkylation sites (N-methyl/N-ethyl adjacent to an activating group) is 1. The standard InChI is InChI=1S/C15H21N3O/c1-15(19,13-7-5-4-6-8-13)12-17(2)11-14-16-9-10-18(14)3/h4-10,19H,11-12H2,1-3H3. The maximum absolute atomic E-state index is 10.6. The SMILES string of the molecule is CN(Cc1nccn1C)CC(C)(O)c1ccccc1. The quantitative estimate of drug-likeness (QED) is 0.889. The summed E-state index contributed by atoms with van der Waals surface area (Å²) < 4.78 is 1.99. The molecule has 1 atom stereocenters. The molecule has 0 aliphatic rings. The smallest absolute Gasteiger partial charge is 0.122 e. The fourth-order valence-corrected chi connectivity index (χ4v) is 2.26. The van der Waals surface area contributed by atoms with E-state index in [2.05, 4.69) is 9.88 Å². The zero-order chi connectivity index (χ0) is 13.9. The van der Waals surface area contributed by atoms with Crippen molar-refractivity contribution in [2.75, 3.05) is 13.6 Å². The predicted octanol–water partition coefficient (Wildman–Crippen LogP) is 1.76. The van der Waals surface area contributed by atoms with Gasteiger partial charge in [0.05, 0.1) is 12.1 Å². The van der Waals surface area contributed by atoms with Crippen molar-refractivity contribution in [2.24, 2.45) is 7.05 Å². The van der Waals surface area contributed by atoms with Crippen LogP contribution in [0.2, 0.25) is 0 Å². The maximum Gasteiger partial charge on any atom is 0.122 e. The van der Waals surface area contributed by atoms with Crippen molar-refractivity contribution >= 4 is 0 Å². The van der Waals surface area contributed by atoms with Crippen molar-refractivity contribution < 1.29 is 5.11 Å². The summed E-state index contributed by atoms with van der Waals surface area (Å²) in [6.07, 6.45) is 3.72. The molecule has 2 rings (SSSR count). The van der Waals surface area contributed by atoms with Crippen molar-refractivity contribution in [3.05, 3.63) is 54.1 Å². The number of nitrogens with zero attached hydrogens (tertiary/aromatic N) is 3. The minimum atomic E-state index is -0.860. The Labute approximate surface area is 114 Å². The largest absolute Gasteiger partial charge is 0.384 e. The third-order valence-corrected chi connectivity index (χ3v) is 3.31. The first-order chi connectivity index (χ1) is 8.99. The molecule has 2 aromatic rings. The van der Waals surface area contributed by atoms with Crippen molar-refractivity contribution in [3.63, 3.8) is 0 Å². The van der Waals surface area contributed by atoms with Crippen molar-refractivity contribution in [1.82, 2.24) is 14.5 Å². The number of benzene rings is 1. The molecule has 0 bridgehead atoms. The average molecular weight is 259 g/mol. The lowest BCUT2D eigenvalue weighted by atomic mass is 9.95. The van der Waals surface area contributed by atoms with Crippen LogP contribution in [-0.4, -0.2) is 33.1 Å². The van der Waals surface area contributed by atoms with Crippen LogP contribution in [0.5, 0.6) is 0 Å². The number of aliphatic hydroxyl groups is 1. The number of aromatic nitrogens is 2. The molecule has 1 N–H and O–H groups in total. The summed E-state index contributed by atoms with van der Waals surface area (Å²) in [6.45, 7) is 3.12. The van der Waals surface area contributed by atoms with Gasteiger partial charge in [-0.25, -0.2) is 4.98 Å². The second-order valence-electron chi connectivity index (χ2n) is 5.27. The molecule has 0 fully saturated rings. The molecule has 1 aromatic heterocycles. The van der Waals surface area contributed by atoms with Gasteiger partial charge in [0.15, 0.2) is 0 Å². The number of hydrogen-bond donors (Lipinski definition) is 1. The number of imidazole rings is 1. The highest BCUT2D eigenvalue weighted by Gasteiger charge is 2.24. The molecule has 0 amide bonds. The van der Waals surface area contributed by atoms with Crippen molar-refractivity contribution in [1.29, 1.82) is 0 Å². The van der Waals surface area contributed by atoms with Gasteiger partial charge in [-0.1, -0.05) is 30.3 Å². The molecule has 1 unspecified atom stereocenters. The second kappa shape index (κ2) is 5.55. The molecule has 0 saturated heterocycles. The van der Waals surface area contributed by atoms with E-state index in [-0.39, 0.29) is 0 Å². The lowest BCUT2D eigenvalue weighted by Crippen LogP contribution is -2.36. The Hall–Kier alpha value is -1.65. The Balaban J connectivity index is 2.02. The Bertz CT molecular complexity index is 519. The van der Waals surface area contributed by atoms with E-state index in [0.29, 0.717) is 13.1 Å². The summed E-state index contributed by atoms with van der Waals surface area (Å²) in [7, 11) is 3.97. The van der Waals surface area contributed by atoms with Gasteiger partial charge in [-0.15, -0.1) is 0 Å². The van der Waals surface area contributed by atoms with Gasteiger partial charge in [0, 0.05) is 26.0 Å². The zero-order valence-corrected chi connectivity index (χ0v) is 11.7.